The molecule has 0 heterocycles. The summed E-state index contributed by atoms with van der Waals surface area (Å²) in [6, 6.07) is 0. The summed E-state index contributed by atoms with van der Waals surface area (Å²) in [6.45, 7) is 5.91. The van der Waals surface area contributed by atoms with Crippen LogP contribution < -0.4 is 0 Å². The van der Waals surface area contributed by atoms with Crippen LogP contribution in [0.5, 0.6) is 0 Å². The fraction of sp³-hybridized carbons (Fsp3) is 0.778. The summed E-state index contributed by atoms with van der Waals surface area (Å²) in [6.07, 6.45) is -0.172. The Kier molecular flexibility index (Phi) is 10.7. The Morgan fingerprint density at radius 1 is 1.29 bits per heavy atom. The molecule has 0 unspecified atom stereocenters. The van der Waals surface area contributed by atoms with Crippen molar-refractivity contribution in [1.82, 2.24) is 0 Å². The second-order valence-electron chi connectivity index (χ2n) is 3.11. The van der Waals surface area contributed by atoms with Crippen LogP contribution in [-0.4, -0.2) is 28.9 Å². The molecule has 0 aromatic carbocycles. The summed E-state index contributed by atoms with van der Waals surface area (Å²) in [5, 5.41) is 15.9. The van der Waals surface area contributed by atoms with E-state index >= 15 is 0 Å². The molecule has 0 aliphatic carbocycles. The predicted molar refractivity (Wildman–Crippen MR) is 51.4 cm³/mol. The molecule has 0 saturated heterocycles. The van der Waals surface area contributed by atoms with Crippen LogP contribution in [0, 0.1) is 5.92 Å². The Balaban J connectivity index is 0. The number of carboxylic acids is 1. The molecule has 0 fully saturated rings. The van der Waals surface area contributed by atoms with Gasteiger partial charge in [-0.05, 0) is 12.3 Å². The van der Waals surface area contributed by atoms with Crippen LogP contribution >= 0.6 is 0 Å². The summed E-state index contributed by atoms with van der Waals surface area (Å²) in [5.41, 5.74) is 0. The van der Waals surface area contributed by atoms with Gasteiger partial charge in [-0.3, -0.25) is 4.79 Å². The van der Waals surface area contributed by atoms with Crippen molar-refractivity contribution in [3.8, 4) is 0 Å². The topological polar surface area (TPSA) is 83.8 Å². The highest BCUT2D eigenvalue weighted by atomic mass is 16.7. The van der Waals surface area contributed by atoms with Crippen molar-refractivity contribution < 1.29 is 24.5 Å². The molecule has 2 N–H and O–H groups in total. The first-order valence-corrected chi connectivity index (χ1v) is 4.47. The van der Waals surface area contributed by atoms with Gasteiger partial charge in [0, 0.05) is 6.42 Å². The molecule has 0 aliphatic heterocycles. The number of aliphatic carboxylic acids is 1. The van der Waals surface area contributed by atoms with E-state index in [-0.39, 0.29) is 12.5 Å². The van der Waals surface area contributed by atoms with Gasteiger partial charge in [-0.1, -0.05) is 20.8 Å². The van der Waals surface area contributed by atoms with E-state index in [0.717, 1.165) is 6.42 Å². The monoisotopic (exact) mass is 206 g/mol. The van der Waals surface area contributed by atoms with Gasteiger partial charge in [-0.25, -0.2) is 4.79 Å². The molecule has 84 valence electrons. The highest BCUT2D eigenvalue weighted by Gasteiger charge is 1.97. The largest absolute Gasteiger partial charge is 0.505 e. The zero-order chi connectivity index (χ0) is 11.6. The lowest BCUT2D eigenvalue weighted by molar-refractivity contribution is -0.137. The van der Waals surface area contributed by atoms with Crippen LogP contribution in [0.2, 0.25) is 0 Å². The van der Waals surface area contributed by atoms with E-state index in [2.05, 4.69) is 4.74 Å². The zero-order valence-corrected chi connectivity index (χ0v) is 8.82. The molecule has 0 aromatic rings. The minimum atomic E-state index is -1.20. The van der Waals surface area contributed by atoms with Gasteiger partial charge in [0.15, 0.2) is 0 Å². The summed E-state index contributed by atoms with van der Waals surface area (Å²) < 4.78 is 4.22. The lowest BCUT2D eigenvalue weighted by atomic mass is 10.2. The third kappa shape index (κ3) is 22.4. The van der Waals surface area contributed by atoms with Crippen molar-refractivity contribution in [2.45, 2.75) is 33.6 Å². The third-order valence-corrected chi connectivity index (χ3v) is 1.00. The van der Waals surface area contributed by atoms with Gasteiger partial charge in [0.2, 0.25) is 0 Å². The van der Waals surface area contributed by atoms with E-state index in [1.54, 1.807) is 0 Å². The van der Waals surface area contributed by atoms with Crippen molar-refractivity contribution in [2.24, 2.45) is 5.92 Å². The number of carbonyl (C=O) groups is 2. The van der Waals surface area contributed by atoms with E-state index in [4.69, 9.17) is 10.2 Å². The normalized spacial score (nSPS) is 8.86. The molecular weight excluding hydrogens is 188 g/mol. The van der Waals surface area contributed by atoms with Gasteiger partial charge in [0.1, 0.15) is 0 Å². The molecule has 0 aliphatic rings. The lowest BCUT2D eigenvalue weighted by Crippen LogP contribution is -2.06. The molecule has 0 atom stereocenters. The quantitative estimate of drug-likeness (QED) is 0.689. The number of carboxylic acid groups (broad SMARTS) is 2. The van der Waals surface area contributed by atoms with Crippen molar-refractivity contribution in [3.63, 3.8) is 0 Å². The molecule has 14 heavy (non-hydrogen) atoms. The number of ether oxygens (including phenoxy) is 1. The molecule has 0 aromatic heterocycles. The number of rotatable bonds is 4. The van der Waals surface area contributed by atoms with Crippen molar-refractivity contribution in [3.05, 3.63) is 0 Å². The van der Waals surface area contributed by atoms with Gasteiger partial charge < -0.3 is 14.9 Å². The predicted octanol–water partition coefficient (Wildman–Crippen LogP) is 2.21. The third-order valence-electron chi connectivity index (χ3n) is 1.00. The van der Waals surface area contributed by atoms with E-state index < -0.39 is 12.1 Å². The molecule has 0 bridgehead atoms. The van der Waals surface area contributed by atoms with Crippen LogP contribution in [0.3, 0.4) is 0 Å². The van der Waals surface area contributed by atoms with Crippen LogP contribution in [0.4, 0.5) is 4.79 Å². The Hall–Kier alpha value is -1.26. The second-order valence-corrected chi connectivity index (χ2v) is 3.11. The highest BCUT2D eigenvalue weighted by Crippen LogP contribution is 1.91. The minimum Gasteiger partial charge on any atom is -0.481 e. The number of hydrogen-bond donors (Lipinski definition) is 2. The van der Waals surface area contributed by atoms with Crippen molar-refractivity contribution >= 4 is 12.1 Å². The van der Waals surface area contributed by atoms with Crippen LogP contribution in [0.15, 0.2) is 0 Å². The first-order valence-electron chi connectivity index (χ1n) is 4.47. The Morgan fingerprint density at radius 3 is 1.86 bits per heavy atom. The average molecular weight is 206 g/mol. The van der Waals surface area contributed by atoms with Crippen LogP contribution in [0.25, 0.3) is 0 Å². The van der Waals surface area contributed by atoms with E-state index in [0.29, 0.717) is 6.42 Å². The maximum Gasteiger partial charge on any atom is 0.505 e. The van der Waals surface area contributed by atoms with Crippen LogP contribution in [-0.2, 0) is 9.53 Å². The fourth-order valence-electron chi connectivity index (χ4n) is 0.452. The highest BCUT2D eigenvalue weighted by molar-refractivity contribution is 5.66. The maximum absolute atomic E-state index is 9.68. The number of hydrogen-bond acceptors (Lipinski definition) is 3. The van der Waals surface area contributed by atoms with Crippen molar-refractivity contribution in [2.75, 3.05) is 6.61 Å². The molecule has 0 amide bonds. The van der Waals surface area contributed by atoms with Gasteiger partial charge in [0.05, 0.1) is 6.61 Å². The Bertz CT molecular complexity index is 165. The van der Waals surface area contributed by atoms with Gasteiger partial charge >= 0.3 is 12.1 Å². The fourth-order valence-corrected chi connectivity index (χ4v) is 0.452. The maximum atomic E-state index is 9.68. The lowest BCUT2D eigenvalue weighted by Gasteiger charge is -2.00. The molecule has 5 nitrogen and oxygen atoms in total. The minimum absolute atomic E-state index is 0.283. The summed E-state index contributed by atoms with van der Waals surface area (Å²) in [5.74, 6) is -0.427. The molecule has 0 saturated carbocycles. The Morgan fingerprint density at radius 2 is 1.79 bits per heavy atom. The molecule has 0 radical (unpaired) electrons. The van der Waals surface area contributed by atoms with Gasteiger partial charge in [-0.2, -0.15) is 0 Å². The second kappa shape index (κ2) is 9.83. The molecule has 5 heteroatoms. The Labute approximate surface area is 83.7 Å². The SMILES string of the molecule is CC(C)COC(=O)O.CCCC(=O)O. The standard InChI is InChI=1S/C5H10O3.C4H8O2/c1-4(2)3-8-5(6)7;1-2-3-4(5)6/h4H,3H2,1-2H3,(H,6,7);2-3H2,1H3,(H,5,6). The smallest absolute Gasteiger partial charge is 0.481 e. The van der Waals surface area contributed by atoms with E-state index in [1.807, 2.05) is 20.8 Å². The summed E-state index contributed by atoms with van der Waals surface area (Å²) in [4.78, 5) is 19.3. The van der Waals surface area contributed by atoms with Crippen LogP contribution in [0.1, 0.15) is 33.6 Å². The first kappa shape index (κ1) is 15.2. The van der Waals surface area contributed by atoms with Gasteiger partial charge in [0.25, 0.3) is 0 Å². The average Bonchev–Trinajstić information content (AvgIpc) is 2.01. The van der Waals surface area contributed by atoms with Crippen molar-refractivity contribution in [1.29, 1.82) is 0 Å². The van der Waals surface area contributed by atoms with Gasteiger partial charge in [-0.15, -0.1) is 0 Å². The molecule has 0 rings (SSSR count). The molecule has 0 spiro atoms. The molecular formula is C9H18O5. The summed E-state index contributed by atoms with van der Waals surface area (Å²) >= 11 is 0. The van der Waals surface area contributed by atoms with E-state index in [9.17, 15) is 9.59 Å². The summed E-state index contributed by atoms with van der Waals surface area (Å²) in [7, 11) is 0. The first-order chi connectivity index (χ1) is 6.40. The zero-order valence-electron chi connectivity index (χ0n) is 8.82. The van der Waals surface area contributed by atoms with E-state index in [1.165, 1.54) is 0 Å².